The lowest BCUT2D eigenvalue weighted by Gasteiger charge is -2.36. The van der Waals surface area contributed by atoms with Gasteiger partial charge in [-0.1, -0.05) is 13.8 Å². The molecule has 7 nitrogen and oxygen atoms in total. The standard InChI is InChI=1S/C19H34N6O.HI/c1-4-20-18(23-15-17(6-13-26)14-16(2)3)24-9-11-25(12-10-24)19-21-7-5-8-22-19;/h5,7-8,16-17,26H,4,6,9-15H2,1-3H3,(H,20,23);1H. The number of nitrogens with one attached hydrogen (secondary N) is 1. The largest absolute Gasteiger partial charge is 0.396 e. The Bertz CT molecular complexity index is 534. The number of hydrogen-bond acceptors (Lipinski definition) is 5. The first-order valence-electron chi connectivity index (χ1n) is 9.80. The number of aliphatic imine (C=N–C) groups is 1. The number of anilines is 1. The number of piperazine rings is 1. The number of halogens is 1. The molecule has 0 spiro atoms. The maximum absolute atomic E-state index is 9.31. The van der Waals surface area contributed by atoms with Gasteiger partial charge < -0.3 is 20.2 Å². The molecule has 2 rings (SSSR count). The van der Waals surface area contributed by atoms with Crippen LogP contribution >= 0.6 is 24.0 Å². The van der Waals surface area contributed by atoms with Crippen molar-refractivity contribution in [1.82, 2.24) is 20.2 Å². The van der Waals surface area contributed by atoms with Gasteiger partial charge in [0.15, 0.2) is 5.96 Å². The Morgan fingerprint density at radius 2 is 1.89 bits per heavy atom. The van der Waals surface area contributed by atoms with Crippen LogP contribution in [0, 0.1) is 11.8 Å². The summed E-state index contributed by atoms with van der Waals surface area (Å²) in [7, 11) is 0. The molecule has 0 saturated carbocycles. The summed E-state index contributed by atoms with van der Waals surface area (Å²) in [5.74, 6) is 2.84. The van der Waals surface area contributed by atoms with Crippen molar-refractivity contribution in [2.45, 2.75) is 33.6 Å². The molecule has 2 N–H and O–H groups in total. The first-order valence-corrected chi connectivity index (χ1v) is 9.80. The monoisotopic (exact) mass is 490 g/mol. The summed E-state index contributed by atoms with van der Waals surface area (Å²) in [6.07, 6.45) is 5.50. The van der Waals surface area contributed by atoms with Gasteiger partial charge in [0, 0.05) is 58.3 Å². The minimum Gasteiger partial charge on any atom is -0.396 e. The van der Waals surface area contributed by atoms with Crippen molar-refractivity contribution in [1.29, 1.82) is 0 Å². The first kappa shape index (κ1) is 23.9. The first-order chi connectivity index (χ1) is 12.6. The molecule has 1 atom stereocenters. The Labute approximate surface area is 180 Å². The Morgan fingerprint density at radius 3 is 2.44 bits per heavy atom. The van der Waals surface area contributed by atoms with Crippen molar-refractivity contribution in [2.24, 2.45) is 16.8 Å². The van der Waals surface area contributed by atoms with Crippen LogP contribution in [0.3, 0.4) is 0 Å². The van der Waals surface area contributed by atoms with Gasteiger partial charge in [0.05, 0.1) is 0 Å². The molecular weight excluding hydrogens is 455 g/mol. The van der Waals surface area contributed by atoms with Crippen LogP contribution in [0.15, 0.2) is 23.5 Å². The Balaban J connectivity index is 0.00000364. The van der Waals surface area contributed by atoms with Gasteiger partial charge in [-0.15, -0.1) is 24.0 Å². The van der Waals surface area contributed by atoms with E-state index < -0.39 is 0 Å². The number of aromatic nitrogens is 2. The van der Waals surface area contributed by atoms with E-state index in [1.807, 2.05) is 6.07 Å². The summed E-state index contributed by atoms with van der Waals surface area (Å²) in [6.45, 7) is 12.0. The third-order valence-corrected chi connectivity index (χ3v) is 4.59. The highest BCUT2D eigenvalue weighted by Crippen LogP contribution is 2.16. The summed E-state index contributed by atoms with van der Waals surface area (Å²) < 4.78 is 0. The maximum Gasteiger partial charge on any atom is 0.225 e. The molecule has 0 aliphatic carbocycles. The molecule has 154 valence electrons. The van der Waals surface area contributed by atoms with Gasteiger partial charge in [0.2, 0.25) is 5.95 Å². The Hall–Kier alpha value is -1.16. The van der Waals surface area contributed by atoms with E-state index in [-0.39, 0.29) is 30.6 Å². The second-order valence-electron chi connectivity index (χ2n) is 7.23. The van der Waals surface area contributed by atoms with E-state index in [9.17, 15) is 5.11 Å². The molecule has 2 heterocycles. The van der Waals surface area contributed by atoms with Gasteiger partial charge in [-0.05, 0) is 37.7 Å². The van der Waals surface area contributed by atoms with Gasteiger partial charge in [0.25, 0.3) is 0 Å². The van der Waals surface area contributed by atoms with E-state index in [0.717, 1.165) is 64.0 Å². The van der Waals surface area contributed by atoms with E-state index in [4.69, 9.17) is 4.99 Å². The number of hydrogen-bond donors (Lipinski definition) is 2. The normalized spacial score (nSPS) is 16.3. The van der Waals surface area contributed by atoms with Crippen LogP contribution in [0.5, 0.6) is 0 Å². The zero-order valence-electron chi connectivity index (χ0n) is 16.8. The van der Waals surface area contributed by atoms with Crippen LogP contribution in [0.25, 0.3) is 0 Å². The predicted molar refractivity (Wildman–Crippen MR) is 122 cm³/mol. The summed E-state index contributed by atoms with van der Waals surface area (Å²) in [5, 5.41) is 12.7. The zero-order chi connectivity index (χ0) is 18.8. The molecule has 1 aliphatic rings. The molecule has 1 aromatic heterocycles. The van der Waals surface area contributed by atoms with Crippen LogP contribution in [-0.2, 0) is 0 Å². The molecule has 0 amide bonds. The van der Waals surface area contributed by atoms with Crippen molar-refractivity contribution < 1.29 is 5.11 Å². The highest BCUT2D eigenvalue weighted by atomic mass is 127. The summed E-state index contributed by atoms with van der Waals surface area (Å²) >= 11 is 0. The van der Waals surface area contributed by atoms with Gasteiger partial charge in [-0.2, -0.15) is 0 Å². The molecule has 1 saturated heterocycles. The van der Waals surface area contributed by atoms with Crippen LogP contribution in [0.4, 0.5) is 5.95 Å². The Kier molecular flexibility index (Phi) is 11.6. The fourth-order valence-corrected chi connectivity index (χ4v) is 3.35. The van der Waals surface area contributed by atoms with Gasteiger partial charge in [-0.25, -0.2) is 9.97 Å². The molecule has 27 heavy (non-hydrogen) atoms. The highest BCUT2D eigenvalue weighted by molar-refractivity contribution is 14.0. The van der Waals surface area contributed by atoms with Crippen LogP contribution in [0.1, 0.15) is 33.6 Å². The van der Waals surface area contributed by atoms with Crippen molar-refractivity contribution in [3.05, 3.63) is 18.5 Å². The number of aliphatic hydroxyl groups is 1. The summed E-state index contributed by atoms with van der Waals surface area (Å²) in [6, 6.07) is 1.84. The predicted octanol–water partition coefficient (Wildman–Crippen LogP) is 2.23. The van der Waals surface area contributed by atoms with Gasteiger partial charge in [-0.3, -0.25) is 4.99 Å². The third-order valence-electron chi connectivity index (χ3n) is 4.59. The minimum absolute atomic E-state index is 0. The molecular formula is C19H35IN6O. The van der Waals surface area contributed by atoms with Crippen molar-refractivity contribution in [3.63, 3.8) is 0 Å². The summed E-state index contributed by atoms with van der Waals surface area (Å²) in [4.78, 5) is 18.1. The third kappa shape index (κ3) is 8.16. The van der Waals surface area contributed by atoms with Crippen LogP contribution < -0.4 is 10.2 Å². The van der Waals surface area contributed by atoms with Crippen molar-refractivity contribution in [2.75, 3.05) is 50.8 Å². The van der Waals surface area contributed by atoms with Gasteiger partial charge in [0.1, 0.15) is 0 Å². The molecule has 0 aromatic carbocycles. The van der Waals surface area contributed by atoms with Gasteiger partial charge >= 0.3 is 0 Å². The smallest absolute Gasteiger partial charge is 0.225 e. The van der Waals surface area contributed by atoms with E-state index >= 15 is 0 Å². The number of rotatable bonds is 8. The second-order valence-corrected chi connectivity index (χ2v) is 7.23. The lowest BCUT2D eigenvalue weighted by molar-refractivity contribution is 0.245. The fourth-order valence-electron chi connectivity index (χ4n) is 3.35. The van der Waals surface area contributed by atoms with Crippen molar-refractivity contribution >= 4 is 35.9 Å². The lowest BCUT2D eigenvalue weighted by atomic mass is 9.94. The fraction of sp³-hybridized carbons (Fsp3) is 0.737. The second kappa shape index (κ2) is 13.1. The topological polar surface area (TPSA) is 76.9 Å². The van der Waals surface area contributed by atoms with E-state index in [0.29, 0.717) is 11.8 Å². The zero-order valence-corrected chi connectivity index (χ0v) is 19.2. The maximum atomic E-state index is 9.31. The molecule has 1 fully saturated rings. The van der Waals surface area contributed by atoms with E-state index in [2.05, 4.69) is 45.9 Å². The molecule has 1 unspecified atom stereocenters. The summed E-state index contributed by atoms with van der Waals surface area (Å²) in [5.41, 5.74) is 0. The van der Waals surface area contributed by atoms with E-state index in [1.165, 1.54) is 0 Å². The van der Waals surface area contributed by atoms with Crippen LogP contribution in [-0.4, -0.2) is 71.8 Å². The lowest BCUT2D eigenvalue weighted by Crippen LogP contribution is -2.53. The number of aliphatic hydroxyl groups excluding tert-OH is 1. The quantitative estimate of drug-likeness (QED) is 0.331. The molecule has 1 aromatic rings. The van der Waals surface area contributed by atoms with Crippen molar-refractivity contribution in [3.8, 4) is 0 Å². The average molecular weight is 490 g/mol. The molecule has 0 radical (unpaired) electrons. The number of nitrogens with zero attached hydrogens (tertiary/aromatic N) is 5. The average Bonchev–Trinajstić information content (AvgIpc) is 2.65. The SMILES string of the molecule is CCNC(=NCC(CCO)CC(C)C)N1CCN(c2ncccn2)CC1.I. The molecule has 0 bridgehead atoms. The molecule has 1 aliphatic heterocycles. The highest BCUT2D eigenvalue weighted by Gasteiger charge is 2.21. The van der Waals surface area contributed by atoms with Crippen LogP contribution in [0.2, 0.25) is 0 Å². The van der Waals surface area contributed by atoms with E-state index in [1.54, 1.807) is 12.4 Å². The molecule has 8 heteroatoms. The number of guanidine groups is 1. The minimum atomic E-state index is 0. The Morgan fingerprint density at radius 1 is 1.22 bits per heavy atom.